The standard InChI is InChI=1S/C13H17NO6S/c1-13(2,3)7-21(19,20)14-10-5-8(11(15)16)4-9(6-10)12(17)18/h4-6,14H,7H2,1-3H3,(H,15,16)(H,17,18). The molecule has 1 rings (SSSR count). The maximum atomic E-state index is 12.0. The highest BCUT2D eigenvalue weighted by Crippen LogP contribution is 2.21. The van der Waals surface area contributed by atoms with Crippen molar-refractivity contribution < 1.29 is 28.2 Å². The number of hydrogen-bond donors (Lipinski definition) is 3. The first-order valence-corrected chi connectivity index (χ1v) is 7.67. The lowest BCUT2D eigenvalue weighted by Gasteiger charge is -2.19. The van der Waals surface area contributed by atoms with Crippen LogP contribution < -0.4 is 4.72 Å². The Labute approximate surface area is 122 Å². The van der Waals surface area contributed by atoms with Crippen LogP contribution in [0.25, 0.3) is 0 Å². The Morgan fingerprint density at radius 2 is 1.48 bits per heavy atom. The average Bonchev–Trinajstić information content (AvgIpc) is 2.23. The highest BCUT2D eigenvalue weighted by Gasteiger charge is 2.22. The van der Waals surface area contributed by atoms with E-state index < -0.39 is 27.4 Å². The van der Waals surface area contributed by atoms with Crippen LogP contribution in [0, 0.1) is 5.41 Å². The van der Waals surface area contributed by atoms with Crippen molar-refractivity contribution in [3.05, 3.63) is 29.3 Å². The molecule has 0 aliphatic rings. The van der Waals surface area contributed by atoms with Crippen molar-refractivity contribution in [2.45, 2.75) is 20.8 Å². The predicted octanol–water partition coefficient (Wildman–Crippen LogP) is 1.87. The molecule has 116 valence electrons. The van der Waals surface area contributed by atoms with Gasteiger partial charge in [-0.05, 0) is 23.6 Å². The lowest BCUT2D eigenvalue weighted by molar-refractivity contribution is 0.0696. The van der Waals surface area contributed by atoms with Gasteiger partial charge in [0, 0.05) is 0 Å². The number of anilines is 1. The van der Waals surface area contributed by atoms with Crippen molar-refractivity contribution in [3.63, 3.8) is 0 Å². The summed E-state index contributed by atoms with van der Waals surface area (Å²) in [5.41, 5.74) is -1.19. The summed E-state index contributed by atoms with van der Waals surface area (Å²) in [4.78, 5) is 21.9. The molecule has 8 heteroatoms. The van der Waals surface area contributed by atoms with E-state index in [1.165, 1.54) is 0 Å². The molecule has 0 aromatic heterocycles. The van der Waals surface area contributed by atoms with Crippen LogP contribution in [0.4, 0.5) is 5.69 Å². The third-order valence-electron chi connectivity index (χ3n) is 2.32. The summed E-state index contributed by atoms with van der Waals surface area (Å²) in [6.07, 6.45) is 0. The lowest BCUT2D eigenvalue weighted by atomic mass is 10.0. The molecule has 1 aromatic rings. The van der Waals surface area contributed by atoms with Gasteiger partial charge in [-0.2, -0.15) is 0 Å². The topological polar surface area (TPSA) is 121 Å². The van der Waals surface area contributed by atoms with Gasteiger partial charge in [-0.1, -0.05) is 20.8 Å². The molecule has 7 nitrogen and oxygen atoms in total. The van der Waals surface area contributed by atoms with Crippen LogP contribution in [0.3, 0.4) is 0 Å². The van der Waals surface area contributed by atoms with E-state index in [0.29, 0.717) is 0 Å². The first kappa shape index (κ1) is 17.0. The monoisotopic (exact) mass is 315 g/mol. The SMILES string of the molecule is CC(C)(C)CS(=O)(=O)Nc1cc(C(=O)O)cc(C(=O)O)c1. The quantitative estimate of drug-likeness (QED) is 0.762. The minimum absolute atomic E-state index is 0.0865. The smallest absolute Gasteiger partial charge is 0.335 e. The van der Waals surface area contributed by atoms with Crippen molar-refractivity contribution >= 4 is 27.6 Å². The number of hydrogen-bond acceptors (Lipinski definition) is 4. The maximum Gasteiger partial charge on any atom is 0.335 e. The number of nitrogens with one attached hydrogen (secondary N) is 1. The van der Waals surface area contributed by atoms with Gasteiger partial charge in [0.2, 0.25) is 10.0 Å². The summed E-state index contributed by atoms with van der Waals surface area (Å²) >= 11 is 0. The molecule has 0 aliphatic carbocycles. The summed E-state index contributed by atoms with van der Waals surface area (Å²) < 4.78 is 26.2. The third-order valence-corrected chi connectivity index (χ3v) is 4.12. The van der Waals surface area contributed by atoms with E-state index in [1.54, 1.807) is 20.8 Å². The second-order valence-electron chi connectivity index (χ2n) is 5.83. The summed E-state index contributed by atoms with van der Waals surface area (Å²) in [6, 6.07) is 3.12. The molecular weight excluding hydrogens is 298 g/mol. The van der Waals surface area contributed by atoms with Gasteiger partial charge in [0.1, 0.15) is 0 Å². The summed E-state index contributed by atoms with van der Waals surface area (Å²) in [5.74, 6) is -2.86. The largest absolute Gasteiger partial charge is 0.478 e. The first-order chi connectivity index (χ1) is 9.39. The fourth-order valence-electron chi connectivity index (χ4n) is 1.72. The Hall–Kier alpha value is -2.09. The predicted molar refractivity (Wildman–Crippen MR) is 77.2 cm³/mol. The normalized spacial score (nSPS) is 12.0. The lowest BCUT2D eigenvalue weighted by Crippen LogP contribution is -2.26. The summed E-state index contributed by atoms with van der Waals surface area (Å²) in [7, 11) is -3.71. The number of carbonyl (C=O) groups is 2. The first-order valence-electron chi connectivity index (χ1n) is 6.02. The van der Waals surface area contributed by atoms with Gasteiger partial charge < -0.3 is 10.2 Å². The van der Waals surface area contributed by atoms with Gasteiger partial charge in [0.15, 0.2) is 0 Å². The van der Waals surface area contributed by atoms with Crippen molar-refractivity contribution in [1.29, 1.82) is 0 Å². The Balaban J connectivity index is 3.19. The van der Waals surface area contributed by atoms with Crippen LogP contribution in [0.1, 0.15) is 41.5 Å². The number of sulfonamides is 1. The van der Waals surface area contributed by atoms with E-state index in [-0.39, 0.29) is 22.6 Å². The molecule has 0 atom stereocenters. The van der Waals surface area contributed by atoms with Gasteiger partial charge in [0.25, 0.3) is 0 Å². The van der Waals surface area contributed by atoms with Crippen LogP contribution in [0.15, 0.2) is 18.2 Å². The average molecular weight is 315 g/mol. The maximum absolute atomic E-state index is 12.0. The van der Waals surface area contributed by atoms with E-state index in [4.69, 9.17) is 10.2 Å². The molecule has 3 N–H and O–H groups in total. The van der Waals surface area contributed by atoms with Crippen LogP contribution in [0.5, 0.6) is 0 Å². The molecule has 0 spiro atoms. The number of carboxylic acids is 2. The van der Waals surface area contributed by atoms with Crippen molar-refractivity contribution in [1.82, 2.24) is 0 Å². The van der Waals surface area contributed by atoms with E-state index in [0.717, 1.165) is 18.2 Å². The number of aromatic carboxylic acids is 2. The van der Waals surface area contributed by atoms with Crippen LogP contribution in [0.2, 0.25) is 0 Å². The summed E-state index contributed by atoms with van der Waals surface area (Å²) in [5, 5.41) is 17.9. The fraction of sp³-hybridized carbons (Fsp3) is 0.385. The Morgan fingerprint density at radius 3 is 1.81 bits per heavy atom. The summed E-state index contributed by atoms with van der Waals surface area (Å²) in [6.45, 7) is 5.22. The Morgan fingerprint density at radius 1 is 1.05 bits per heavy atom. The zero-order valence-electron chi connectivity index (χ0n) is 11.9. The molecular formula is C13H17NO6S. The second kappa shape index (κ2) is 5.72. The van der Waals surface area contributed by atoms with E-state index in [9.17, 15) is 18.0 Å². The molecule has 21 heavy (non-hydrogen) atoms. The van der Waals surface area contributed by atoms with Gasteiger partial charge >= 0.3 is 11.9 Å². The van der Waals surface area contributed by atoms with Crippen molar-refractivity contribution in [2.24, 2.45) is 5.41 Å². The molecule has 0 amide bonds. The molecule has 0 fully saturated rings. The van der Waals surface area contributed by atoms with Crippen LogP contribution in [-0.4, -0.2) is 36.3 Å². The number of rotatable bonds is 5. The zero-order valence-corrected chi connectivity index (χ0v) is 12.7. The van der Waals surface area contributed by atoms with E-state index >= 15 is 0 Å². The molecule has 0 saturated heterocycles. The molecule has 1 aromatic carbocycles. The van der Waals surface area contributed by atoms with Crippen molar-refractivity contribution in [2.75, 3.05) is 10.5 Å². The Kier molecular flexibility index (Phi) is 4.62. The minimum atomic E-state index is -3.71. The molecule has 0 radical (unpaired) electrons. The minimum Gasteiger partial charge on any atom is -0.478 e. The highest BCUT2D eigenvalue weighted by molar-refractivity contribution is 7.92. The molecule has 0 saturated carbocycles. The van der Waals surface area contributed by atoms with Gasteiger partial charge in [-0.25, -0.2) is 18.0 Å². The fourth-order valence-corrected chi connectivity index (χ4v) is 3.41. The number of benzene rings is 1. The highest BCUT2D eigenvalue weighted by atomic mass is 32.2. The van der Waals surface area contributed by atoms with E-state index in [2.05, 4.69) is 4.72 Å². The third kappa shape index (κ3) is 5.42. The van der Waals surface area contributed by atoms with Crippen LogP contribution in [-0.2, 0) is 10.0 Å². The van der Waals surface area contributed by atoms with Gasteiger partial charge in [0.05, 0.1) is 22.6 Å². The van der Waals surface area contributed by atoms with Gasteiger partial charge in [-0.15, -0.1) is 0 Å². The molecule has 0 unspecified atom stereocenters. The molecule has 0 bridgehead atoms. The van der Waals surface area contributed by atoms with Gasteiger partial charge in [-0.3, -0.25) is 4.72 Å². The van der Waals surface area contributed by atoms with Crippen LogP contribution >= 0.6 is 0 Å². The molecule has 0 aliphatic heterocycles. The number of carboxylic acid groups (broad SMARTS) is 2. The zero-order chi connectivity index (χ0) is 16.4. The molecule has 0 heterocycles. The van der Waals surface area contributed by atoms with Crippen molar-refractivity contribution in [3.8, 4) is 0 Å². The van der Waals surface area contributed by atoms with E-state index in [1.807, 2.05) is 0 Å². The Bertz CT molecular complexity index is 640. The second-order valence-corrected chi connectivity index (χ2v) is 7.55.